The summed E-state index contributed by atoms with van der Waals surface area (Å²) in [6.45, 7) is 5.63. The number of ether oxygens (including phenoxy) is 1. The molecule has 3 aliphatic heterocycles. The first kappa shape index (κ1) is 13.8. The molecular formula is C15H29N3O. The number of piperidine rings is 2. The van der Waals surface area contributed by atoms with Crippen molar-refractivity contribution in [3.05, 3.63) is 0 Å². The third kappa shape index (κ3) is 2.33. The Morgan fingerprint density at radius 3 is 2.84 bits per heavy atom. The summed E-state index contributed by atoms with van der Waals surface area (Å²) in [4.78, 5) is 5.38. The number of methoxy groups -OCH3 is 1. The minimum absolute atomic E-state index is 0.234. The van der Waals surface area contributed by atoms with Crippen molar-refractivity contribution in [3.63, 3.8) is 0 Å². The van der Waals surface area contributed by atoms with Crippen molar-refractivity contribution in [1.82, 2.24) is 9.80 Å². The molecule has 0 aromatic rings. The van der Waals surface area contributed by atoms with Crippen molar-refractivity contribution >= 4 is 0 Å². The van der Waals surface area contributed by atoms with Crippen LogP contribution in [0.1, 0.15) is 38.5 Å². The molecule has 0 aromatic carbocycles. The van der Waals surface area contributed by atoms with Gasteiger partial charge in [-0.2, -0.15) is 0 Å². The number of nitrogens with zero attached hydrogens (tertiary/aromatic N) is 2. The fourth-order valence-corrected chi connectivity index (χ4v) is 4.64. The summed E-state index contributed by atoms with van der Waals surface area (Å²) in [6.07, 6.45) is 8.22. The molecule has 0 amide bonds. The lowest BCUT2D eigenvalue weighted by Gasteiger charge is -2.50. The van der Waals surface area contributed by atoms with Crippen molar-refractivity contribution in [2.45, 2.75) is 56.2 Å². The average molecular weight is 267 g/mol. The van der Waals surface area contributed by atoms with Crippen LogP contribution in [0.15, 0.2) is 0 Å². The normalized spacial score (nSPS) is 41.4. The van der Waals surface area contributed by atoms with Crippen LogP contribution in [0, 0.1) is 0 Å². The van der Waals surface area contributed by atoms with E-state index in [-0.39, 0.29) is 5.54 Å². The van der Waals surface area contributed by atoms with E-state index in [1.165, 1.54) is 58.2 Å². The van der Waals surface area contributed by atoms with Gasteiger partial charge in [-0.15, -0.1) is 0 Å². The number of hydrogen-bond donors (Lipinski definition) is 1. The van der Waals surface area contributed by atoms with Gasteiger partial charge < -0.3 is 10.5 Å². The van der Waals surface area contributed by atoms with E-state index in [0.29, 0.717) is 12.1 Å². The molecule has 0 bridgehead atoms. The molecule has 0 spiro atoms. The maximum Gasteiger partial charge on any atom is 0.0698 e. The minimum Gasteiger partial charge on any atom is -0.380 e. The van der Waals surface area contributed by atoms with Crippen LogP contribution in [-0.2, 0) is 4.74 Å². The van der Waals surface area contributed by atoms with Gasteiger partial charge in [-0.05, 0) is 45.2 Å². The van der Waals surface area contributed by atoms with Gasteiger partial charge in [0, 0.05) is 38.3 Å². The first-order valence-electron chi connectivity index (χ1n) is 8.02. The Labute approximate surface area is 117 Å². The molecule has 3 aliphatic rings. The second-order valence-corrected chi connectivity index (χ2v) is 6.55. The second-order valence-electron chi connectivity index (χ2n) is 6.55. The molecule has 110 valence electrons. The number of nitrogens with two attached hydrogens (primary N) is 1. The molecule has 3 heterocycles. The van der Waals surface area contributed by atoms with E-state index in [1.807, 2.05) is 7.11 Å². The molecule has 3 rings (SSSR count). The topological polar surface area (TPSA) is 41.7 Å². The van der Waals surface area contributed by atoms with Crippen LogP contribution < -0.4 is 5.73 Å². The monoisotopic (exact) mass is 267 g/mol. The molecule has 0 aliphatic carbocycles. The van der Waals surface area contributed by atoms with Crippen molar-refractivity contribution in [1.29, 1.82) is 0 Å². The molecular weight excluding hydrogens is 238 g/mol. The van der Waals surface area contributed by atoms with Crippen LogP contribution in [0.3, 0.4) is 0 Å². The zero-order chi connectivity index (χ0) is 13.3. The SMILES string of the molecule is COC1CCCN(C2(CN)CCN3CCCCC32)C1. The van der Waals surface area contributed by atoms with Crippen LogP contribution in [0.5, 0.6) is 0 Å². The largest absolute Gasteiger partial charge is 0.380 e. The fourth-order valence-electron chi connectivity index (χ4n) is 4.64. The molecule has 4 nitrogen and oxygen atoms in total. The highest BCUT2D eigenvalue weighted by molar-refractivity contribution is 5.09. The molecule has 0 aromatic heterocycles. The van der Waals surface area contributed by atoms with Crippen molar-refractivity contribution in [3.8, 4) is 0 Å². The summed E-state index contributed by atoms with van der Waals surface area (Å²) in [7, 11) is 1.85. The van der Waals surface area contributed by atoms with Gasteiger partial charge in [0.1, 0.15) is 0 Å². The molecule has 2 N–H and O–H groups in total. The van der Waals surface area contributed by atoms with E-state index >= 15 is 0 Å². The highest BCUT2D eigenvalue weighted by Crippen LogP contribution is 2.40. The third-order valence-electron chi connectivity index (χ3n) is 5.76. The van der Waals surface area contributed by atoms with E-state index < -0.39 is 0 Å². The zero-order valence-electron chi connectivity index (χ0n) is 12.3. The maximum absolute atomic E-state index is 6.28. The molecule has 3 atom stereocenters. The Kier molecular flexibility index (Phi) is 4.13. The summed E-state index contributed by atoms with van der Waals surface area (Å²) >= 11 is 0. The van der Waals surface area contributed by atoms with E-state index in [9.17, 15) is 0 Å². The van der Waals surface area contributed by atoms with Gasteiger partial charge in [0.2, 0.25) is 0 Å². The Hall–Kier alpha value is -0.160. The minimum atomic E-state index is 0.234. The van der Waals surface area contributed by atoms with Gasteiger partial charge >= 0.3 is 0 Å². The predicted octanol–water partition coefficient (Wildman–Crippen LogP) is 1.05. The summed E-state index contributed by atoms with van der Waals surface area (Å²) in [6, 6.07) is 0.696. The Balaban J connectivity index is 1.78. The van der Waals surface area contributed by atoms with Crippen molar-refractivity contribution in [2.24, 2.45) is 5.73 Å². The van der Waals surface area contributed by atoms with Gasteiger partial charge in [-0.1, -0.05) is 6.42 Å². The van der Waals surface area contributed by atoms with E-state index in [4.69, 9.17) is 10.5 Å². The number of rotatable bonds is 3. The number of hydrogen-bond acceptors (Lipinski definition) is 4. The van der Waals surface area contributed by atoms with Crippen molar-refractivity contribution < 1.29 is 4.74 Å². The van der Waals surface area contributed by atoms with Crippen LogP contribution in [0.4, 0.5) is 0 Å². The zero-order valence-corrected chi connectivity index (χ0v) is 12.3. The van der Waals surface area contributed by atoms with Crippen molar-refractivity contribution in [2.75, 3.05) is 39.8 Å². The van der Waals surface area contributed by atoms with Crippen LogP contribution in [0.25, 0.3) is 0 Å². The lowest BCUT2D eigenvalue weighted by Crippen LogP contribution is -2.64. The standard InChI is InChI=1S/C15H29N3O/c1-19-13-5-4-9-18(11-13)15(12-16)7-10-17-8-3-2-6-14(15)17/h13-14H,2-12,16H2,1H3. The maximum atomic E-state index is 6.28. The molecule has 3 unspecified atom stereocenters. The van der Waals surface area contributed by atoms with Gasteiger partial charge in [0.15, 0.2) is 0 Å². The van der Waals surface area contributed by atoms with E-state index in [0.717, 1.165) is 13.1 Å². The van der Waals surface area contributed by atoms with Gasteiger partial charge in [0.05, 0.1) is 6.10 Å². The van der Waals surface area contributed by atoms with Gasteiger partial charge in [-0.25, -0.2) is 0 Å². The number of fused-ring (bicyclic) bond motifs is 1. The fraction of sp³-hybridized carbons (Fsp3) is 1.00. The van der Waals surface area contributed by atoms with Crippen LogP contribution in [0.2, 0.25) is 0 Å². The molecule has 3 fully saturated rings. The second kappa shape index (κ2) is 5.68. The van der Waals surface area contributed by atoms with Gasteiger partial charge in [0.25, 0.3) is 0 Å². The molecule has 0 saturated carbocycles. The molecule has 3 saturated heterocycles. The molecule has 4 heteroatoms. The third-order valence-corrected chi connectivity index (χ3v) is 5.76. The van der Waals surface area contributed by atoms with Gasteiger partial charge in [-0.3, -0.25) is 9.80 Å². The quantitative estimate of drug-likeness (QED) is 0.830. The first-order chi connectivity index (χ1) is 9.30. The van der Waals surface area contributed by atoms with Crippen LogP contribution >= 0.6 is 0 Å². The lowest BCUT2D eigenvalue weighted by atomic mass is 9.82. The lowest BCUT2D eigenvalue weighted by molar-refractivity contribution is -0.0345. The summed E-state index contributed by atoms with van der Waals surface area (Å²) in [5.74, 6) is 0. The Bertz CT molecular complexity index is 312. The summed E-state index contributed by atoms with van der Waals surface area (Å²) in [5, 5.41) is 0. The summed E-state index contributed by atoms with van der Waals surface area (Å²) < 4.78 is 5.61. The molecule has 0 radical (unpaired) electrons. The highest BCUT2D eigenvalue weighted by atomic mass is 16.5. The summed E-state index contributed by atoms with van der Waals surface area (Å²) in [5.41, 5.74) is 6.52. The van der Waals surface area contributed by atoms with E-state index in [1.54, 1.807) is 0 Å². The van der Waals surface area contributed by atoms with E-state index in [2.05, 4.69) is 9.80 Å². The highest BCUT2D eigenvalue weighted by Gasteiger charge is 2.51. The smallest absolute Gasteiger partial charge is 0.0698 e. The first-order valence-corrected chi connectivity index (χ1v) is 8.02. The predicted molar refractivity (Wildman–Crippen MR) is 77.2 cm³/mol. The Morgan fingerprint density at radius 2 is 2.05 bits per heavy atom. The molecule has 19 heavy (non-hydrogen) atoms. The number of likely N-dealkylation sites (tertiary alicyclic amines) is 1. The Morgan fingerprint density at radius 1 is 1.16 bits per heavy atom. The van der Waals surface area contributed by atoms with Crippen LogP contribution in [-0.4, -0.2) is 67.3 Å². The average Bonchev–Trinajstić information content (AvgIpc) is 2.87.